The molecule has 0 aliphatic heterocycles. The highest BCUT2D eigenvalue weighted by Crippen LogP contribution is 2.32. The Morgan fingerprint density at radius 2 is 1.50 bits per heavy atom. The van der Waals surface area contributed by atoms with Crippen LogP contribution >= 0.6 is 0 Å². The minimum Gasteiger partial charge on any atom is -0.462 e. The molecule has 2 rings (SSSR count). The second-order valence-electron chi connectivity index (χ2n) is 7.92. The van der Waals surface area contributed by atoms with Crippen LogP contribution in [0.2, 0.25) is 0 Å². The Balaban J connectivity index is 1.60. The van der Waals surface area contributed by atoms with Crippen molar-refractivity contribution in [2.24, 2.45) is 11.8 Å². The zero-order valence-corrected chi connectivity index (χ0v) is 15.9. The quantitative estimate of drug-likeness (QED) is 0.402. The molecule has 0 bridgehead atoms. The minimum absolute atomic E-state index is 0.0679. The fraction of sp³-hybridized carbons (Fsp3) is 0.952. The van der Waals surface area contributed by atoms with Crippen molar-refractivity contribution in [2.45, 2.75) is 110 Å². The topological polar surface area (TPSA) is 35.5 Å². The molecule has 0 atom stereocenters. The molecule has 2 aliphatic rings. The lowest BCUT2D eigenvalue weighted by Gasteiger charge is -2.31. The van der Waals surface area contributed by atoms with Crippen molar-refractivity contribution in [1.29, 1.82) is 0 Å². The van der Waals surface area contributed by atoms with Crippen molar-refractivity contribution in [3.63, 3.8) is 0 Å². The van der Waals surface area contributed by atoms with Crippen LogP contribution in [0.25, 0.3) is 0 Å². The van der Waals surface area contributed by atoms with Crippen molar-refractivity contribution in [2.75, 3.05) is 6.61 Å². The van der Waals surface area contributed by atoms with Crippen LogP contribution in [0.3, 0.4) is 0 Å². The van der Waals surface area contributed by atoms with Gasteiger partial charge >= 0.3 is 5.97 Å². The average molecular weight is 339 g/mol. The summed E-state index contributed by atoms with van der Waals surface area (Å²) in [4.78, 5) is 12.4. The highest BCUT2D eigenvalue weighted by Gasteiger charge is 2.30. The summed E-state index contributed by atoms with van der Waals surface area (Å²) in [6, 6.07) is 0. The van der Waals surface area contributed by atoms with Gasteiger partial charge in [-0.15, -0.1) is 0 Å². The van der Waals surface area contributed by atoms with Gasteiger partial charge in [-0.25, -0.2) is 0 Å². The largest absolute Gasteiger partial charge is 0.462 e. The second-order valence-corrected chi connectivity index (χ2v) is 7.92. The van der Waals surface area contributed by atoms with E-state index in [0.29, 0.717) is 6.10 Å². The predicted octanol–water partition coefficient (Wildman–Crippen LogP) is 5.65. The zero-order valence-electron chi connectivity index (χ0n) is 15.9. The molecule has 3 heteroatoms. The number of carbonyl (C=O) groups excluding carboxylic acids is 1. The summed E-state index contributed by atoms with van der Waals surface area (Å²) in [5, 5.41) is 0. The van der Waals surface area contributed by atoms with Crippen LogP contribution in [0, 0.1) is 11.8 Å². The molecule has 2 aliphatic carbocycles. The number of ether oxygens (including phenoxy) is 2. The van der Waals surface area contributed by atoms with Crippen LogP contribution in [0.1, 0.15) is 97.3 Å². The van der Waals surface area contributed by atoms with Crippen molar-refractivity contribution in [3.8, 4) is 0 Å². The molecule has 0 saturated heterocycles. The molecule has 0 amide bonds. The Kier molecular flexibility index (Phi) is 9.15. The fourth-order valence-corrected chi connectivity index (χ4v) is 4.23. The van der Waals surface area contributed by atoms with E-state index in [2.05, 4.69) is 13.8 Å². The number of esters is 1. The molecule has 0 radical (unpaired) electrons. The molecule has 24 heavy (non-hydrogen) atoms. The summed E-state index contributed by atoms with van der Waals surface area (Å²) in [5.41, 5.74) is 0. The first-order valence-electron chi connectivity index (χ1n) is 10.5. The van der Waals surface area contributed by atoms with Gasteiger partial charge in [-0.2, -0.15) is 0 Å². The van der Waals surface area contributed by atoms with Gasteiger partial charge < -0.3 is 9.47 Å². The van der Waals surface area contributed by atoms with E-state index in [0.717, 1.165) is 57.5 Å². The van der Waals surface area contributed by atoms with Crippen molar-refractivity contribution >= 4 is 5.97 Å². The summed E-state index contributed by atoms with van der Waals surface area (Å²) in [5.74, 6) is 1.06. The molecule has 0 heterocycles. The first-order valence-corrected chi connectivity index (χ1v) is 10.5. The summed E-state index contributed by atoms with van der Waals surface area (Å²) in [7, 11) is 0. The fourth-order valence-electron chi connectivity index (χ4n) is 4.23. The van der Waals surface area contributed by atoms with Gasteiger partial charge in [0, 0.05) is 6.61 Å². The smallest absolute Gasteiger partial charge is 0.309 e. The summed E-state index contributed by atoms with van der Waals surface area (Å²) >= 11 is 0. The second kappa shape index (κ2) is 11.1. The Hall–Kier alpha value is -0.570. The lowest BCUT2D eigenvalue weighted by Crippen LogP contribution is -2.31. The van der Waals surface area contributed by atoms with Gasteiger partial charge in [0.15, 0.2) is 0 Å². The Bertz CT molecular complexity index is 339. The lowest BCUT2D eigenvalue weighted by molar-refractivity contribution is -0.158. The molecule has 0 N–H and O–H groups in total. The molecular weight excluding hydrogens is 300 g/mol. The van der Waals surface area contributed by atoms with Crippen molar-refractivity contribution in [3.05, 3.63) is 0 Å². The highest BCUT2D eigenvalue weighted by molar-refractivity contribution is 5.72. The van der Waals surface area contributed by atoms with Crippen LogP contribution < -0.4 is 0 Å². The van der Waals surface area contributed by atoms with Gasteiger partial charge in [0.25, 0.3) is 0 Å². The van der Waals surface area contributed by atoms with E-state index >= 15 is 0 Å². The third-order valence-electron chi connectivity index (χ3n) is 5.86. The van der Waals surface area contributed by atoms with Crippen molar-refractivity contribution < 1.29 is 14.3 Å². The maximum atomic E-state index is 12.4. The molecule has 0 spiro atoms. The Morgan fingerprint density at radius 1 is 0.833 bits per heavy atom. The molecule has 2 saturated carbocycles. The third-order valence-corrected chi connectivity index (χ3v) is 5.86. The van der Waals surface area contributed by atoms with E-state index in [1.54, 1.807) is 0 Å². The molecule has 0 aromatic rings. The van der Waals surface area contributed by atoms with Gasteiger partial charge in [-0.3, -0.25) is 4.79 Å². The normalized spacial score (nSPS) is 30.9. The summed E-state index contributed by atoms with van der Waals surface area (Å²) in [6.45, 7) is 5.25. The molecule has 0 aromatic heterocycles. The van der Waals surface area contributed by atoms with E-state index in [9.17, 15) is 4.79 Å². The monoisotopic (exact) mass is 338 g/mol. The number of hydrogen-bond acceptors (Lipinski definition) is 3. The maximum Gasteiger partial charge on any atom is 0.309 e. The lowest BCUT2D eigenvalue weighted by atomic mass is 9.83. The van der Waals surface area contributed by atoms with E-state index in [1.165, 1.54) is 38.5 Å². The van der Waals surface area contributed by atoms with Crippen LogP contribution in [0.15, 0.2) is 0 Å². The van der Waals surface area contributed by atoms with E-state index in [-0.39, 0.29) is 18.0 Å². The van der Waals surface area contributed by atoms with Crippen LogP contribution in [0.5, 0.6) is 0 Å². The molecule has 3 nitrogen and oxygen atoms in total. The summed E-state index contributed by atoms with van der Waals surface area (Å²) in [6.07, 6.45) is 15.6. The first kappa shape index (κ1) is 19.8. The highest BCUT2D eigenvalue weighted by atomic mass is 16.5. The van der Waals surface area contributed by atoms with Crippen LogP contribution in [-0.4, -0.2) is 24.8 Å². The van der Waals surface area contributed by atoms with E-state index < -0.39 is 0 Å². The molecule has 0 unspecified atom stereocenters. The summed E-state index contributed by atoms with van der Waals surface area (Å²) < 4.78 is 11.7. The molecule has 140 valence electrons. The Morgan fingerprint density at radius 3 is 2.12 bits per heavy atom. The Labute approximate surface area is 148 Å². The van der Waals surface area contributed by atoms with Gasteiger partial charge in [0.05, 0.1) is 12.0 Å². The predicted molar refractivity (Wildman–Crippen MR) is 98.0 cm³/mol. The standard InChI is InChI=1S/C21H38O3/c1-3-5-6-7-17-8-12-20(13-9-17)24-21(22)18-10-14-19(15-11-18)23-16-4-2/h17-20H,3-16H2,1-2H3. The van der Waals surface area contributed by atoms with Gasteiger partial charge in [-0.1, -0.05) is 39.5 Å². The maximum absolute atomic E-state index is 12.4. The van der Waals surface area contributed by atoms with Crippen LogP contribution in [0.4, 0.5) is 0 Å². The molecular formula is C21H38O3. The van der Waals surface area contributed by atoms with Gasteiger partial charge in [0.1, 0.15) is 6.10 Å². The number of unbranched alkanes of at least 4 members (excludes halogenated alkanes) is 2. The first-order chi connectivity index (χ1) is 11.7. The molecule has 2 fully saturated rings. The van der Waals surface area contributed by atoms with Gasteiger partial charge in [0.2, 0.25) is 0 Å². The zero-order chi connectivity index (χ0) is 17.2. The number of rotatable bonds is 9. The van der Waals surface area contributed by atoms with Gasteiger partial charge in [-0.05, 0) is 63.7 Å². The van der Waals surface area contributed by atoms with Crippen molar-refractivity contribution in [1.82, 2.24) is 0 Å². The number of carbonyl (C=O) groups is 1. The van der Waals surface area contributed by atoms with E-state index in [1.807, 2.05) is 0 Å². The number of hydrogen-bond donors (Lipinski definition) is 0. The molecule has 0 aromatic carbocycles. The third kappa shape index (κ3) is 6.74. The van der Waals surface area contributed by atoms with Crippen LogP contribution in [-0.2, 0) is 14.3 Å². The average Bonchev–Trinajstić information content (AvgIpc) is 2.62. The SMILES string of the molecule is CCCCCC1CCC(OC(=O)C2CCC(OCCC)CC2)CC1. The van der Waals surface area contributed by atoms with E-state index in [4.69, 9.17) is 9.47 Å². The minimum atomic E-state index is 0.0679.